The minimum atomic E-state index is -3.49. The lowest BCUT2D eigenvalue weighted by Gasteiger charge is -2.23. The van der Waals surface area contributed by atoms with E-state index in [4.69, 9.17) is 0 Å². The van der Waals surface area contributed by atoms with E-state index in [-0.39, 0.29) is 6.61 Å². The third kappa shape index (κ3) is 6.85. The lowest BCUT2D eigenvalue weighted by molar-refractivity contribution is -0.129. The van der Waals surface area contributed by atoms with Crippen molar-refractivity contribution < 1.29 is 23.0 Å². The third-order valence-electron chi connectivity index (χ3n) is 2.55. The van der Waals surface area contributed by atoms with Gasteiger partial charge in [0.25, 0.3) is 0 Å². The second-order valence-corrected chi connectivity index (χ2v) is 4.03. The van der Waals surface area contributed by atoms with Gasteiger partial charge in [0.2, 0.25) is 0 Å². The van der Waals surface area contributed by atoms with Gasteiger partial charge in [-0.1, -0.05) is 13.8 Å². The maximum absolute atomic E-state index is 12.8. The van der Waals surface area contributed by atoms with Crippen LogP contribution in [0, 0.1) is 0 Å². The average molecular weight is 257 g/mol. The Morgan fingerprint density at radius 2 is 1.82 bits per heavy atom. The number of aliphatic hydroxyl groups is 1. The molecule has 0 radical (unpaired) electrons. The van der Waals surface area contributed by atoms with Crippen molar-refractivity contribution in [2.24, 2.45) is 0 Å². The Morgan fingerprint density at radius 1 is 1.29 bits per heavy atom. The van der Waals surface area contributed by atoms with Gasteiger partial charge in [0, 0.05) is 6.54 Å². The van der Waals surface area contributed by atoms with Crippen LogP contribution in [0.5, 0.6) is 0 Å². The molecule has 3 nitrogen and oxygen atoms in total. The van der Waals surface area contributed by atoms with Crippen molar-refractivity contribution in [3.05, 3.63) is 0 Å². The molecule has 0 saturated heterocycles. The molecule has 0 aliphatic carbocycles. The summed E-state index contributed by atoms with van der Waals surface area (Å²) in [6.07, 6.45) is -3.08. The highest BCUT2D eigenvalue weighted by atomic mass is 19.3. The molecule has 1 N–H and O–H groups in total. The van der Waals surface area contributed by atoms with E-state index < -0.39 is 24.8 Å². The quantitative estimate of drug-likeness (QED) is 0.682. The minimum absolute atomic E-state index is 0.210. The first-order valence-corrected chi connectivity index (χ1v) is 5.83. The van der Waals surface area contributed by atoms with Crippen molar-refractivity contribution in [2.75, 3.05) is 32.8 Å². The second-order valence-electron chi connectivity index (χ2n) is 4.03. The number of hydrogen-bond acceptors (Lipinski definition) is 3. The Morgan fingerprint density at radius 3 is 2.24 bits per heavy atom. The summed E-state index contributed by atoms with van der Waals surface area (Å²) in [4.78, 5) is 1.95. The van der Waals surface area contributed by atoms with Crippen LogP contribution in [-0.2, 0) is 4.74 Å². The maximum Gasteiger partial charge on any atom is 0.301 e. The molecule has 0 spiro atoms. The van der Waals surface area contributed by atoms with Gasteiger partial charge in [-0.3, -0.25) is 0 Å². The molecule has 0 heterocycles. The SMILES string of the molecule is CCN(CC)CC(O)COCC(F)(F)C(C)F. The van der Waals surface area contributed by atoms with Crippen LogP contribution in [0.3, 0.4) is 0 Å². The van der Waals surface area contributed by atoms with Crippen LogP contribution >= 0.6 is 0 Å². The van der Waals surface area contributed by atoms with Crippen LogP contribution in [0.25, 0.3) is 0 Å². The number of alkyl halides is 3. The summed E-state index contributed by atoms with van der Waals surface area (Å²) in [5.41, 5.74) is 0. The summed E-state index contributed by atoms with van der Waals surface area (Å²) in [6, 6.07) is 0. The molecule has 0 fully saturated rings. The number of hydrogen-bond donors (Lipinski definition) is 1. The Hall–Kier alpha value is -0.330. The van der Waals surface area contributed by atoms with Crippen LogP contribution in [0.4, 0.5) is 13.2 Å². The van der Waals surface area contributed by atoms with E-state index in [9.17, 15) is 18.3 Å². The van der Waals surface area contributed by atoms with Crippen LogP contribution in [0.2, 0.25) is 0 Å². The monoisotopic (exact) mass is 257 g/mol. The molecule has 0 aromatic carbocycles. The van der Waals surface area contributed by atoms with Gasteiger partial charge in [-0.25, -0.2) is 13.2 Å². The molecule has 0 rings (SSSR count). The molecule has 17 heavy (non-hydrogen) atoms. The molecule has 104 valence electrons. The molecule has 0 aromatic rings. The number of nitrogens with zero attached hydrogens (tertiary/aromatic N) is 1. The molecule has 0 aromatic heterocycles. The van der Waals surface area contributed by atoms with Gasteiger partial charge in [0.1, 0.15) is 6.61 Å². The van der Waals surface area contributed by atoms with E-state index in [1.54, 1.807) is 0 Å². The molecule has 0 amide bonds. The van der Waals surface area contributed by atoms with Crippen molar-refractivity contribution in [3.8, 4) is 0 Å². The Balaban J connectivity index is 3.81. The van der Waals surface area contributed by atoms with Crippen LogP contribution < -0.4 is 0 Å². The van der Waals surface area contributed by atoms with E-state index in [0.29, 0.717) is 6.54 Å². The Kier molecular flexibility index (Phi) is 7.74. The Bertz CT molecular complexity index is 199. The number of aliphatic hydroxyl groups excluding tert-OH is 1. The summed E-state index contributed by atoms with van der Waals surface area (Å²) in [7, 11) is 0. The van der Waals surface area contributed by atoms with Gasteiger partial charge in [-0.15, -0.1) is 0 Å². The predicted octanol–water partition coefficient (Wildman–Crippen LogP) is 1.70. The summed E-state index contributed by atoms with van der Waals surface area (Å²) in [5.74, 6) is -3.49. The third-order valence-corrected chi connectivity index (χ3v) is 2.55. The largest absolute Gasteiger partial charge is 0.389 e. The van der Waals surface area contributed by atoms with E-state index >= 15 is 0 Å². The van der Waals surface area contributed by atoms with Crippen LogP contribution in [0.15, 0.2) is 0 Å². The maximum atomic E-state index is 12.8. The molecular weight excluding hydrogens is 235 g/mol. The van der Waals surface area contributed by atoms with Crippen LogP contribution in [-0.4, -0.2) is 61.1 Å². The summed E-state index contributed by atoms with van der Waals surface area (Å²) in [5, 5.41) is 9.51. The van der Waals surface area contributed by atoms with Crippen molar-refractivity contribution in [1.29, 1.82) is 0 Å². The van der Waals surface area contributed by atoms with E-state index in [1.165, 1.54) is 0 Å². The van der Waals surface area contributed by atoms with Crippen LogP contribution in [0.1, 0.15) is 20.8 Å². The first kappa shape index (κ1) is 16.7. The van der Waals surface area contributed by atoms with Gasteiger partial charge in [-0.05, 0) is 20.0 Å². The number of ether oxygens (including phenoxy) is 1. The lowest BCUT2D eigenvalue weighted by atomic mass is 10.2. The average Bonchev–Trinajstić information content (AvgIpc) is 2.25. The molecule has 0 saturated carbocycles. The first-order chi connectivity index (χ1) is 7.83. The molecule has 0 bridgehead atoms. The zero-order valence-corrected chi connectivity index (χ0v) is 10.6. The van der Waals surface area contributed by atoms with Gasteiger partial charge in [-0.2, -0.15) is 0 Å². The fraction of sp³-hybridized carbons (Fsp3) is 1.00. The molecule has 0 aliphatic heterocycles. The number of rotatable bonds is 9. The van der Waals surface area contributed by atoms with Crippen molar-refractivity contribution in [2.45, 2.75) is 39.0 Å². The summed E-state index contributed by atoms with van der Waals surface area (Å²) in [6.45, 7) is 5.36. The zero-order chi connectivity index (χ0) is 13.5. The standard InChI is InChI=1S/C11H22F3NO2/c1-4-15(5-2)6-10(16)7-17-8-11(13,14)9(3)12/h9-10,16H,4-8H2,1-3H3. The number of likely N-dealkylation sites (N-methyl/N-ethyl adjacent to an activating group) is 1. The van der Waals surface area contributed by atoms with E-state index in [0.717, 1.165) is 20.0 Å². The highest BCUT2D eigenvalue weighted by Crippen LogP contribution is 2.21. The first-order valence-electron chi connectivity index (χ1n) is 5.83. The summed E-state index contributed by atoms with van der Waals surface area (Å²) < 4.78 is 42.7. The smallest absolute Gasteiger partial charge is 0.301 e. The van der Waals surface area contributed by atoms with Gasteiger partial charge in [0.05, 0.1) is 12.7 Å². The highest BCUT2D eigenvalue weighted by molar-refractivity contribution is 4.72. The lowest BCUT2D eigenvalue weighted by Crippen LogP contribution is -2.38. The van der Waals surface area contributed by atoms with Crippen molar-refractivity contribution in [1.82, 2.24) is 4.90 Å². The fourth-order valence-corrected chi connectivity index (χ4v) is 1.28. The van der Waals surface area contributed by atoms with Crippen molar-refractivity contribution >= 4 is 0 Å². The van der Waals surface area contributed by atoms with E-state index in [1.807, 2.05) is 18.7 Å². The zero-order valence-electron chi connectivity index (χ0n) is 10.6. The topological polar surface area (TPSA) is 32.7 Å². The molecular formula is C11H22F3NO2. The molecule has 2 unspecified atom stereocenters. The number of halogens is 3. The minimum Gasteiger partial charge on any atom is -0.389 e. The van der Waals surface area contributed by atoms with E-state index in [2.05, 4.69) is 4.74 Å². The highest BCUT2D eigenvalue weighted by Gasteiger charge is 2.37. The van der Waals surface area contributed by atoms with Gasteiger partial charge >= 0.3 is 5.92 Å². The predicted molar refractivity (Wildman–Crippen MR) is 60.1 cm³/mol. The molecule has 0 aliphatic rings. The fourth-order valence-electron chi connectivity index (χ4n) is 1.28. The van der Waals surface area contributed by atoms with Gasteiger partial charge < -0.3 is 14.7 Å². The molecule has 2 atom stereocenters. The second kappa shape index (κ2) is 7.89. The summed E-state index contributed by atoms with van der Waals surface area (Å²) >= 11 is 0. The van der Waals surface area contributed by atoms with Gasteiger partial charge in [0.15, 0.2) is 6.17 Å². The molecule has 6 heteroatoms. The normalized spacial score (nSPS) is 16.2. The van der Waals surface area contributed by atoms with Crippen molar-refractivity contribution in [3.63, 3.8) is 0 Å². The Labute approximate surface area is 101 Å².